The van der Waals surface area contributed by atoms with E-state index >= 15 is 0 Å². The van der Waals surface area contributed by atoms with Gasteiger partial charge in [-0.1, -0.05) is 28.1 Å². The molecular weight excluding hydrogens is 352 g/mol. The SMILES string of the molecule is CNS(=O)(=O)c1ccc(NC(C)c2cccc(Br)c2)cc1. The summed E-state index contributed by atoms with van der Waals surface area (Å²) >= 11 is 3.45. The minimum absolute atomic E-state index is 0.120. The van der Waals surface area contributed by atoms with E-state index in [1.807, 2.05) is 18.2 Å². The topological polar surface area (TPSA) is 58.2 Å². The molecule has 0 spiro atoms. The quantitative estimate of drug-likeness (QED) is 0.848. The van der Waals surface area contributed by atoms with Gasteiger partial charge in [0.05, 0.1) is 4.90 Å². The fourth-order valence-electron chi connectivity index (χ4n) is 1.96. The van der Waals surface area contributed by atoms with Crippen LogP contribution in [0.5, 0.6) is 0 Å². The molecule has 21 heavy (non-hydrogen) atoms. The van der Waals surface area contributed by atoms with Crippen molar-refractivity contribution in [1.82, 2.24) is 4.72 Å². The molecular formula is C15H17BrN2O2S. The lowest BCUT2D eigenvalue weighted by atomic mass is 10.1. The third-order valence-corrected chi connectivity index (χ3v) is 5.09. The number of hydrogen-bond acceptors (Lipinski definition) is 3. The van der Waals surface area contributed by atoms with E-state index in [2.05, 4.69) is 39.0 Å². The van der Waals surface area contributed by atoms with Crippen LogP contribution in [0.1, 0.15) is 18.5 Å². The molecule has 0 aromatic heterocycles. The van der Waals surface area contributed by atoms with Crippen LogP contribution in [0.3, 0.4) is 0 Å². The molecule has 0 fully saturated rings. The number of sulfonamides is 1. The van der Waals surface area contributed by atoms with Crippen LogP contribution in [0.4, 0.5) is 5.69 Å². The summed E-state index contributed by atoms with van der Waals surface area (Å²) in [5, 5.41) is 3.35. The van der Waals surface area contributed by atoms with Crippen molar-refractivity contribution in [3.63, 3.8) is 0 Å². The van der Waals surface area contributed by atoms with Crippen LogP contribution < -0.4 is 10.0 Å². The first-order valence-electron chi connectivity index (χ1n) is 6.48. The minimum atomic E-state index is -3.39. The predicted molar refractivity (Wildman–Crippen MR) is 88.9 cm³/mol. The highest BCUT2D eigenvalue weighted by Gasteiger charge is 2.11. The van der Waals surface area contributed by atoms with Crippen molar-refractivity contribution in [2.75, 3.05) is 12.4 Å². The van der Waals surface area contributed by atoms with Crippen LogP contribution in [-0.4, -0.2) is 15.5 Å². The van der Waals surface area contributed by atoms with Crippen LogP contribution in [0, 0.1) is 0 Å². The van der Waals surface area contributed by atoms with Crippen molar-refractivity contribution in [1.29, 1.82) is 0 Å². The summed E-state index contributed by atoms with van der Waals surface area (Å²) in [6.07, 6.45) is 0. The van der Waals surface area contributed by atoms with Crippen molar-refractivity contribution < 1.29 is 8.42 Å². The first-order chi connectivity index (χ1) is 9.92. The lowest BCUT2D eigenvalue weighted by Gasteiger charge is -2.16. The summed E-state index contributed by atoms with van der Waals surface area (Å²) < 4.78 is 26.6. The van der Waals surface area contributed by atoms with E-state index in [1.165, 1.54) is 7.05 Å². The molecule has 6 heteroatoms. The molecule has 2 N–H and O–H groups in total. The van der Waals surface area contributed by atoms with Gasteiger partial charge in [-0.3, -0.25) is 0 Å². The van der Waals surface area contributed by atoms with Crippen LogP contribution in [0.2, 0.25) is 0 Å². The number of nitrogens with one attached hydrogen (secondary N) is 2. The van der Waals surface area contributed by atoms with E-state index < -0.39 is 10.0 Å². The van der Waals surface area contributed by atoms with Gasteiger partial charge < -0.3 is 5.32 Å². The second-order valence-electron chi connectivity index (χ2n) is 4.65. The van der Waals surface area contributed by atoms with Crippen LogP contribution in [0.15, 0.2) is 57.9 Å². The lowest BCUT2D eigenvalue weighted by molar-refractivity contribution is 0.588. The first kappa shape index (κ1) is 16.0. The van der Waals surface area contributed by atoms with Crippen LogP contribution in [0.25, 0.3) is 0 Å². The van der Waals surface area contributed by atoms with E-state index in [-0.39, 0.29) is 10.9 Å². The zero-order valence-electron chi connectivity index (χ0n) is 11.8. The molecule has 0 amide bonds. The highest BCUT2D eigenvalue weighted by molar-refractivity contribution is 9.10. The van der Waals surface area contributed by atoms with Gasteiger partial charge in [-0.05, 0) is 55.9 Å². The van der Waals surface area contributed by atoms with Crippen molar-refractivity contribution in [2.24, 2.45) is 0 Å². The Hall–Kier alpha value is -1.37. The molecule has 0 aliphatic rings. The van der Waals surface area contributed by atoms with Gasteiger partial charge >= 0.3 is 0 Å². The molecule has 0 heterocycles. The molecule has 0 aliphatic carbocycles. The Balaban J connectivity index is 2.14. The Bertz CT molecular complexity index is 715. The van der Waals surface area contributed by atoms with Gasteiger partial charge in [0.25, 0.3) is 0 Å². The monoisotopic (exact) mass is 368 g/mol. The third-order valence-electron chi connectivity index (χ3n) is 3.17. The summed E-state index contributed by atoms with van der Waals surface area (Å²) in [6, 6.07) is 14.9. The van der Waals surface area contributed by atoms with Crippen molar-refractivity contribution in [2.45, 2.75) is 17.9 Å². The Morgan fingerprint density at radius 2 is 1.76 bits per heavy atom. The van der Waals surface area contributed by atoms with Gasteiger partial charge in [-0.25, -0.2) is 13.1 Å². The average molecular weight is 369 g/mol. The lowest BCUT2D eigenvalue weighted by Crippen LogP contribution is -2.18. The predicted octanol–water partition coefficient (Wildman–Crippen LogP) is 3.53. The Morgan fingerprint density at radius 3 is 2.33 bits per heavy atom. The molecule has 0 bridgehead atoms. The maximum atomic E-state index is 11.7. The molecule has 2 aromatic rings. The van der Waals surface area contributed by atoms with Crippen LogP contribution >= 0.6 is 15.9 Å². The summed E-state index contributed by atoms with van der Waals surface area (Å²) in [6.45, 7) is 2.06. The smallest absolute Gasteiger partial charge is 0.240 e. The van der Waals surface area contributed by atoms with E-state index in [4.69, 9.17) is 0 Å². The normalized spacial score (nSPS) is 12.9. The highest BCUT2D eigenvalue weighted by atomic mass is 79.9. The second kappa shape index (κ2) is 6.60. The van der Waals surface area contributed by atoms with Crippen molar-refractivity contribution >= 4 is 31.6 Å². The highest BCUT2D eigenvalue weighted by Crippen LogP contribution is 2.22. The maximum Gasteiger partial charge on any atom is 0.240 e. The van der Waals surface area contributed by atoms with Gasteiger partial charge in [-0.15, -0.1) is 0 Å². The van der Waals surface area contributed by atoms with Gasteiger partial charge in [0.1, 0.15) is 0 Å². The second-order valence-corrected chi connectivity index (χ2v) is 7.46. The molecule has 0 saturated heterocycles. The third kappa shape index (κ3) is 4.06. The molecule has 0 saturated carbocycles. The number of rotatable bonds is 5. The first-order valence-corrected chi connectivity index (χ1v) is 8.75. The molecule has 0 radical (unpaired) electrons. The largest absolute Gasteiger partial charge is 0.379 e. The maximum absolute atomic E-state index is 11.7. The Labute approximate surface area is 133 Å². The Kier molecular flexibility index (Phi) is 5.03. The molecule has 112 valence electrons. The Morgan fingerprint density at radius 1 is 1.10 bits per heavy atom. The molecule has 1 atom stereocenters. The number of halogens is 1. The molecule has 4 nitrogen and oxygen atoms in total. The van der Waals surface area contributed by atoms with Gasteiger partial charge in [0.15, 0.2) is 0 Å². The minimum Gasteiger partial charge on any atom is -0.379 e. The van der Waals surface area contributed by atoms with E-state index in [1.54, 1.807) is 24.3 Å². The van der Waals surface area contributed by atoms with E-state index in [0.29, 0.717) is 0 Å². The zero-order chi connectivity index (χ0) is 15.5. The number of benzene rings is 2. The number of hydrogen-bond donors (Lipinski definition) is 2. The molecule has 0 aliphatic heterocycles. The standard InChI is InChI=1S/C15H17BrN2O2S/c1-11(12-4-3-5-13(16)10-12)18-14-6-8-15(9-7-14)21(19,20)17-2/h3-11,17-18H,1-2H3. The fourth-order valence-corrected chi connectivity index (χ4v) is 3.10. The summed E-state index contributed by atoms with van der Waals surface area (Å²) in [7, 11) is -1.99. The van der Waals surface area contributed by atoms with Crippen molar-refractivity contribution in [3.8, 4) is 0 Å². The van der Waals surface area contributed by atoms with Gasteiger partial charge in [-0.2, -0.15) is 0 Å². The van der Waals surface area contributed by atoms with Crippen molar-refractivity contribution in [3.05, 3.63) is 58.6 Å². The molecule has 2 rings (SSSR count). The van der Waals surface area contributed by atoms with Gasteiger partial charge in [0.2, 0.25) is 10.0 Å². The summed E-state index contributed by atoms with van der Waals surface area (Å²) in [5.41, 5.74) is 2.02. The fraction of sp³-hybridized carbons (Fsp3) is 0.200. The summed E-state index contributed by atoms with van der Waals surface area (Å²) in [5.74, 6) is 0. The number of anilines is 1. The zero-order valence-corrected chi connectivity index (χ0v) is 14.2. The molecule has 1 unspecified atom stereocenters. The van der Waals surface area contributed by atoms with E-state index in [0.717, 1.165) is 15.7 Å². The van der Waals surface area contributed by atoms with Gasteiger partial charge in [0, 0.05) is 16.2 Å². The summed E-state index contributed by atoms with van der Waals surface area (Å²) in [4.78, 5) is 0.255. The molecule has 2 aromatic carbocycles. The average Bonchev–Trinajstić information content (AvgIpc) is 2.48. The van der Waals surface area contributed by atoms with E-state index in [9.17, 15) is 8.42 Å². The van der Waals surface area contributed by atoms with Crippen LogP contribution in [-0.2, 0) is 10.0 Å².